The minimum absolute atomic E-state index is 0.195. The van der Waals surface area contributed by atoms with Gasteiger partial charge in [-0.2, -0.15) is 4.74 Å². The Bertz CT molecular complexity index is 653. The Hall–Kier alpha value is -1.71. The monoisotopic (exact) mass is 311 g/mol. The predicted molar refractivity (Wildman–Crippen MR) is 70.9 cm³/mol. The summed E-state index contributed by atoms with van der Waals surface area (Å²) in [4.78, 5) is 1.42. The van der Waals surface area contributed by atoms with Crippen molar-refractivity contribution in [1.29, 1.82) is 0 Å². The van der Waals surface area contributed by atoms with Crippen LogP contribution in [0.4, 0.5) is 0 Å². The standard InChI is InChI=1S/C13H18N4O5/c1-12(15-4-6-21-7-5-15)8-13(18)10(16(12)19)3-2-9-11(13)14-22-17(9)20/h18H,2-8H2,1H3/p+1/t12-,13-/m1/s1. The molecule has 9 heteroatoms. The van der Waals surface area contributed by atoms with Gasteiger partial charge in [0.2, 0.25) is 17.0 Å². The van der Waals surface area contributed by atoms with Crippen molar-refractivity contribution >= 4 is 5.71 Å². The van der Waals surface area contributed by atoms with Crippen LogP contribution in [0.2, 0.25) is 0 Å². The number of rotatable bonds is 1. The fraction of sp³-hybridized carbons (Fsp3) is 0.769. The van der Waals surface area contributed by atoms with Gasteiger partial charge >= 0.3 is 0 Å². The largest absolute Gasteiger partial charge is 0.619 e. The van der Waals surface area contributed by atoms with Crippen LogP contribution in [0.1, 0.15) is 31.2 Å². The summed E-state index contributed by atoms with van der Waals surface area (Å²) in [6.45, 7) is 4.48. The van der Waals surface area contributed by atoms with Gasteiger partial charge in [-0.05, 0) is 4.90 Å². The molecule has 0 amide bonds. The zero-order valence-corrected chi connectivity index (χ0v) is 12.4. The van der Waals surface area contributed by atoms with E-state index in [1.165, 1.54) is 0 Å². The molecule has 1 fully saturated rings. The average molecular weight is 311 g/mol. The number of aliphatic hydroxyl groups is 1. The van der Waals surface area contributed by atoms with Gasteiger partial charge in [0.1, 0.15) is 19.5 Å². The third-order valence-electron chi connectivity index (χ3n) is 5.32. The molecule has 0 aromatic carbocycles. The normalized spacial score (nSPS) is 35.5. The van der Waals surface area contributed by atoms with E-state index in [-0.39, 0.29) is 12.1 Å². The van der Waals surface area contributed by atoms with Crippen LogP contribution in [-0.2, 0) is 16.8 Å². The fourth-order valence-corrected chi connectivity index (χ4v) is 4.12. The molecule has 3 heterocycles. The minimum Gasteiger partial charge on any atom is -0.619 e. The highest BCUT2D eigenvalue weighted by molar-refractivity contribution is 5.92. The number of aromatic nitrogens is 2. The first-order valence-electron chi connectivity index (χ1n) is 7.55. The Labute approximate surface area is 126 Å². The zero-order chi connectivity index (χ0) is 15.5. The summed E-state index contributed by atoms with van der Waals surface area (Å²) in [5.41, 5.74) is -1.39. The lowest BCUT2D eigenvalue weighted by Gasteiger charge is -2.35. The Balaban J connectivity index is 1.78. The second-order valence-corrected chi connectivity index (χ2v) is 6.49. The van der Waals surface area contributed by atoms with Crippen LogP contribution in [0.15, 0.2) is 4.63 Å². The number of hydrogen-bond acceptors (Lipinski definition) is 6. The molecule has 1 aromatic heterocycles. The molecule has 0 radical (unpaired) electrons. The summed E-state index contributed by atoms with van der Waals surface area (Å²) in [6.07, 6.45) is 0.900. The molecular formula is C13H19N4O5+. The smallest absolute Gasteiger partial charge is 0.298 e. The maximum atomic E-state index is 12.9. The number of hydroxylamine groups is 1. The third kappa shape index (κ3) is 1.61. The molecule has 1 aromatic rings. The quantitative estimate of drug-likeness (QED) is 0.435. The van der Waals surface area contributed by atoms with Crippen molar-refractivity contribution in [1.82, 2.24) is 5.16 Å². The molecule has 0 bridgehead atoms. The van der Waals surface area contributed by atoms with Crippen molar-refractivity contribution in [3.05, 3.63) is 21.8 Å². The highest BCUT2D eigenvalue weighted by Gasteiger charge is 2.67. The van der Waals surface area contributed by atoms with Crippen molar-refractivity contribution in [2.45, 2.75) is 37.5 Å². The molecule has 1 saturated heterocycles. The summed E-state index contributed by atoms with van der Waals surface area (Å²) in [5, 5.41) is 39.3. The van der Waals surface area contributed by atoms with Crippen molar-refractivity contribution in [2.75, 3.05) is 26.3 Å². The second kappa shape index (κ2) is 4.40. The first-order chi connectivity index (χ1) is 10.5. The van der Waals surface area contributed by atoms with Crippen LogP contribution in [0.3, 0.4) is 0 Å². The zero-order valence-electron chi connectivity index (χ0n) is 12.4. The van der Waals surface area contributed by atoms with Crippen LogP contribution in [-0.4, -0.2) is 52.7 Å². The molecule has 3 aliphatic rings. The molecule has 9 nitrogen and oxygen atoms in total. The van der Waals surface area contributed by atoms with Gasteiger partial charge in [0.15, 0.2) is 0 Å². The van der Waals surface area contributed by atoms with Gasteiger partial charge in [-0.3, -0.25) is 9.53 Å². The summed E-state index contributed by atoms with van der Waals surface area (Å²) in [7, 11) is 0. The van der Waals surface area contributed by atoms with E-state index in [1.54, 1.807) is 0 Å². The maximum Gasteiger partial charge on any atom is 0.298 e. The SMILES string of the molecule is C[C@]1([NH+]2CCOCC2)C[C@@]2(O)C(=[N+]1[O-])CCc1c2no[n+]1[O-]. The van der Waals surface area contributed by atoms with E-state index in [0.717, 1.165) is 9.64 Å². The van der Waals surface area contributed by atoms with E-state index in [0.29, 0.717) is 55.5 Å². The lowest BCUT2D eigenvalue weighted by Crippen LogP contribution is -3.22. The van der Waals surface area contributed by atoms with Crippen LogP contribution in [0.5, 0.6) is 0 Å². The molecule has 2 N–H and O–H groups in total. The Morgan fingerprint density at radius 1 is 1.27 bits per heavy atom. The number of nitrogens with one attached hydrogen (secondary N) is 1. The maximum absolute atomic E-state index is 12.9. The number of hydrogen-bond donors (Lipinski definition) is 2. The molecule has 4 rings (SSSR count). The summed E-state index contributed by atoms with van der Waals surface area (Å²) in [6, 6.07) is 0. The van der Waals surface area contributed by atoms with Crippen LogP contribution in [0, 0.1) is 10.4 Å². The average Bonchev–Trinajstić information content (AvgIpc) is 2.99. The lowest BCUT2D eigenvalue weighted by atomic mass is 9.81. The van der Waals surface area contributed by atoms with Crippen LogP contribution >= 0.6 is 0 Å². The number of morpholine rings is 1. The molecular weight excluding hydrogens is 292 g/mol. The lowest BCUT2D eigenvalue weighted by molar-refractivity contribution is -1.04. The topological polar surface area (TPSA) is 113 Å². The molecule has 22 heavy (non-hydrogen) atoms. The molecule has 2 atom stereocenters. The van der Waals surface area contributed by atoms with Crippen molar-refractivity contribution < 1.29 is 29.0 Å². The molecule has 1 aliphatic carbocycles. The number of nitrogens with zero attached hydrogens (tertiary/aromatic N) is 3. The summed E-state index contributed by atoms with van der Waals surface area (Å²) >= 11 is 0. The molecule has 120 valence electrons. The van der Waals surface area contributed by atoms with Gasteiger partial charge < -0.3 is 20.3 Å². The van der Waals surface area contributed by atoms with E-state index in [9.17, 15) is 15.5 Å². The second-order valence-electron chi connectivity index (χ2n) is 6.49. The van der Waals surface area contributed by atoms with Gasteiger partial charge in [-0.15, -0.1) is 0 Å². The Morgan fingerprint density at radius 3 is 2.73 bits per heavy atom. The van der Waals surface area contributed by atoms with Gasteiger partial charge in [0, 0.05) is 18.0 Å². The van der Waals surface area contributed by atoms with Crippen molar-refractivity contribution in [3.63, 3.8) is 0 Å². The third-order valence-corrected chi connectivity index (χ3v) is 5.32. The van der Waals surface area contributed by atoms with E-state index in [2.05, 4.69) is 9.79 Å². The van der Waals surface area contributed by atoms with E-state index in [1.807, 2.05) is 6.92 Å². The fourth-order valence-electron chi connectivity index (χ4n) is 4.12. The van der Waals surface area contributed by atoms with Crippen molar-refractivity contribution in [3.8, 4) is 0 Å². The highest BCUT2D eigenvalue weighted by Crippen LogP contribution is 2.41. The van der Waals surface area contributed by atoms with Gasteiger partial charge in [0.05, 0.1) is 20.1 Å². The van der Waals surface area contributed by atoms with Crippen LogP contribution in [0.25, 0.3) is 0 Å². The predicted octanol–water partition coefficient (Wildman–Crippen LogP) is -2.57. The van der Waals surface area contributed by atoms with Gasteiger partial charge in [-0.1, -0.05) is 0 Å². The number of ether oxygens (including phenoxy) is 1. The Morgan fingerprint density at radius 2 is 2.00 bits per heavy atom. The first-order valence-corrected chi connectivity index (χ1v) is 7.55. The minimum atomic E-state index is -1.51. The number of quaternary nitrogens is 1. The first kappa shape index (κ1) is 13.9. The van der Waals surface area contributed by atoms with Gasteiger partial charge in [-0.25, -0.2) is 0 Å². The summed E-state index contributed by atoms with van der Waals surface area (Å²) in [5.74, 6) is 0. The molecule has 2 aliphatic heterocycles. The summed E-state index contributed by atoms with van der Waals surface area (Å²) < 4.78 is 10.9. The number of fused-ring (bicyclic) bond motifs is 3. The molecule has 0 saturated carbocycles. The van der Waals surface area contributed by atoms with Gasteiger partial charge in [0.25, 0.3) is 11.4 Å². The van der Waals surface area contributed by atoms with Crippen LogP contribution < -0.4 is 9.80 Å². The van der Waals surface area contributed by atoms with E-state index >= 15 is 0 Å². The van der Waals surface area contributed by atoms with E-state index < -0.39 is 11.3 Å². The van der Waals surface area contributed by atoms with Crippen molar-refractivity contribution in [2.24, 2.45) is 0 Å². The molecule has 0 spiro atoms. The van der Waals surface area contributed by atoms with E-state index in [4.69, 9.17) is 4.74 Å². The highest BCUT2D eigenvalue weighted by atomic mass is 16.8. The molecule has 0 unspecified atom stereocenters. The Kier molecular flexibility index (Phi) is 2.78.